The Morgan fingerprint density at radius 3 is 1.95 bits per heavy atom. The number of aliphatic carboxylic acids is 1. The maximum atomic E-state index is 13.2. The molecule has 7 heteroatoms. The molecule has 0 spiro atoms. The molecule has 0 amide bonds. The largest absolute Gasteiger partial charge is 0.479 e. The monoisotopic (exact) mass is 290 g/mol. The molecular weight excluding hydrogens is 271 g/mol. The third kappa shape index (κ3) is 7.32. The number of unbranched alkanes of at least 4 members (excludes halogenated alkanes) is 4. The first-order valence-corrected chi connectivity index (χ1v) is 6.26. The standard InChI is InChI=1S/C12H19F5O2/c13-7-5-3-1-2-4-6-8(14)9(15)10(16)11(17)12(18)19/h8-11H,1-7H2,(H,18,19). The van der Waals surface area contributed by atoms with Crippen LogP contribution in [-0.2, 0) is 4.79 Å². The molecule has 0 saturated heterocycles. The number of rotatable bonds is 11. The number of halogens is 5. The van der Waals surface area contributed by atoms with Gasteiger partial charge in [-0.2, -0.15) is 0 Å². The number of carboxylic acids is 1. The van der Waals surface area contributed by atoms with E-state index in [1.54, 1.807) is 0 Å². The summed E-state index contributed by atoms with van der Waals surface area (Å²) >= 11 is 0. The van der Waals surface area contributed by atoms with Crippen molar-refractivity contribution in [3.8, 4) is 0 Å². The molecule has 0 rings (SSSR count). The second-order valence-electron chi connectivity index (χ2n) is 4.39. The van der Waals surface area contributed by atoms with Crippen LogP contribution in [0.5, 0.6) is 0 Å². The van der Waals surface area contributed by atoms with Crippen molar-refractivity contribution in [2.45, 2.75) is 63.2 Å². The van der Waals surface area contributed by atoms with Crippen molar-refractivity contribution in [2.24, 2.45) is 0 Å². The van der Waals surface area contributed by atoms with Gasteiger partial charge in [-0.05, 0) is 12.8 Å². The summed E-state index contributed by atoms with van der Waals surface area (Å²) in [7, 11) is 0. The van der Waals surface area contributed by atoms with Gasteiger partial charge in [-0.3, -0.25) is 4.39 Å². The van der Waals surface area contributed by atoms with Crippen LogP contribution in [0.1, 0.15) is 38.5 Å². The highest BCUT2D eigenvalue weighted by Crippen LogP contribution is 2.21. The number of hydrogen-bond donors (Lipinski definition) is 1. The van der Waals surface area contributed by atoms with Gasteiger partial charge in [0.05, 0.1) is 6.67 Å². The Balaban J connectivity index is 3.86. The van der Waals surface area contributed by atoms with Gasteiger partial charge in [0.15, 0.2) is 12.3 Å². The van der Waals surface area contributed by atoms with Crippen molar-refractivity contribution in [1.29, 1.82) is 0 Å². The molecule has 2 nitrogen and oxygen atoms in total. The Hall–Kier alpha value is -0.880. The van der Waals surface area contributed by atoms with Crippen molar-refractivity contribution in [2.75, 3.05) is 6.67 Å². The van der Waals surface area contributed by atoms with E-state index in [-0.39, 0.29) is 12.8 Å². The van der Waals surface area contributed by atoms with Gasteiger partial charge in [-0.25, -0.2) is 22.4 Å². The Kier molecular flexibility index (Phi) is 9.51. The molecule has 0 aliphatic carbocycles. The highest BCUT2D eigenvalue weighted by molar-refractivity contribution is 5.73. The van der Waals surface area contributed by atoms with E-state index in [0.717, 1.165) is 0 Å². The summed E-state index contributed by atoms with van der Waals surface area (Å²) in [6.45, 7) is -0.422. The lowest BCUT2D eigenvalue weighted by atomic mass is 10.0. The van der Waals surface area contributed by atoms with Crippen LogP contribution in [0.4, 0.5) is 22.0 Å². The average Bonchev–Trinajstić information content (AvgIpc) is 2.39. The molecule has 1 N–H and O–H groups in total. The molecule has 19 heavy (non-hydrogen) atoms. The minimum absolute atomic E-state index is 0.268. The summed E-state index contributed by atoms with van der Waals surface area (Å²) in [6, 6.07) is 0. The zero-order chi connectivity index (χ0) is 14.8. The van der Waals surface area contributed by atoms with E-state index in [4.69, 9.17) is 5.11 Å². The van der Waals surface area contributed by atoms with Gasteiger partial charge in [0.1, 0.15) is 6.17 Å². The third-order valence-corrected chi connectivity index (χ3v) is 2.78. The molecule has 0 aromatic rings. The van der Waals surface area contributed by atoms with Gasteiger partial charge in [0.2, 0.25) is 6.17 Å². The molecule has 0 aromatic heterocycles. The van der Waals surface area contributed by atoms with Crippen LogP contribution < -0.4 is 0 Å². The van der Waals surface area contributed by atoms with E-state index >= 15 is 0 Å². The predicted octanol–water partition coefficient (Wildman–Crippen LogP) is 3.73. The first-order valence-electron chi connectivity index (χ1n) is 6.26. The van der Waals surface area contributed by atoms with E-state index in [1.807, 2.05) is 0 Å². The molecule has 0 fully saturated rings. The number of carboxylic acid groups (broad SMARTS) is 1. The van der Waals surface area contributed by atoms with Crippen LogP contribution in [0.25, 0.3) is 0 Å². The van der Waals surface area contributed by atoms with E-state index in [9.17, 15) is 26.7 Å². The topological polar surface area (TPSA) is 37.3 Å². The summed E-state index contributed by atoms with van der Waals surface area (Å²) in [6.07, 6.45) is -8.84. The van der Waals surface area contributed by atoms with Gasteiger partial charge in [0, 0.05) is 0 Å². The van der Waals surface area contributed by atoms with Crippen LogP contribution >= 0.6 is 0 Å². The smallest absolute Gasteiger partial charge is 0.341 e. The predicted molar refractivity (Wildman–Crippen MR) is 60.9 cm³/mol. The molecule has 0 saturated carbocycles. The maximum Gasteiger partial charge on any atom is 0.341 e. The van der Waals surface area contributed by atoms with Crippen LogP contribution in [0.2, 0.25) is 0 Å². The normalized spacial score (nSPS) is 17.7. The first-order chi connectivity index (χ1) is 8.91. The Bertz CT molecular complexity index is 252. The van der Waals surface area contributed by atoms with Gasteiger partial charge in [-0.1, -0.05) is 25.7 Å². The fourth-order valence-corrected chi connectivity index (χ4v) is 1.62. The quantitative estimate of drug-likeness (QED) is 0.465. The fraction of sp³-hybridized carbons (Fsp3) is 0.917. The van der Waals surface area contributed by atoms with Crippen molar-refractivity contribution in [3.63, 3.8) is 0 Å². The molecule has 0 radical (unpaired) electrons. The Morgan fingerprint density at radius 2 is 1.42 bits per heavy atom. The van der Waals surface area contributed by atoms with Crippen molar-refractivity contribution in [3.05, 3.63) is 0 Å². The zero-order valence-electron chi connectivity index (χ0n) is 10.5. The Morgan fingerprint density at radius 1 is 0.895 bits per heavy atom. The molecule has 4 unspecified atom stereocenters. The molecule has 0 bridgehead atoms. The molecule has 114 valence electrons. The minimum Gasteiger partial charge on any atom is -0.479 e. The molecule has 0 heterocycles. The summed E-state index contributed by atoms with van der Waals surface area (Å²) < 4.78 is 63.7. The van der Waals surface area contributed by atoms with E-state index in [1.165, 1.54) is 0 Å². The van der Waals surface area contributed by atoms with Gasteiger partial charge >= 0.3 is 5.97 Å². The number of hydrogen-bond acceptors (Lipinski definition) is 1. The fourth-order valence-electron chi connectivity index (χ4n) is 1.62. The van der Waals surface area contributed by atoms with Gasteiger partial charge < -0.3 is 5.11 Å². The summed E-state index contributed by atoms with van der Waals surface area (Å²) in [5.74, 6) is -2.14. The summed E-state index contributed by atoms with van der Waals surface area (Å²) in [5, 5.41) is 8.14. The van der Waals surface area contributed by atoms with E-state index < -0.39 is 37.3 Å². The lowest BCUT2D eigenvalue weighted by Crippen LogP contribution is -2.39. The highest BCUT2D eigenvalue weighted by Gasteiger charge is 2.39. The van der Waals surface area contributed by atoms with E-state index in [2.05, 4.69) is 0 Å². The van der Waals surface area contributed by atoms with Crippen molar-refractivity contribution >= 4 is 5.97 Å². The van der Waals surface area contributed by atoms with Crippen LogP contribution in [0.3, 0.4) is 0 Å². The first kappa shape index (κ1) is 18.1. The SMILES string of the molecule is O=C(O)C(F)C(F)C(F)C(F)CCCCCCCF. The number of alkyl halides is 5. The molecule has 0 aromatic carbocycles. The highest BCUT2D eigenvalue weighted by atomic mass is 19.2. The second kappa shape index (κ2) is 9.97. The third-order valence-electron chi connectivity index (χ3n) is 2.78. The van der Waals surface area contributed by atoms with E-state index in [0.29, 0.717) is 25.7 Å². The molecule has 4 atom stereocenters. The van der Waals surface area contributed by atoms with Gasteiger partial charge in [-0.15, -0.1) is 0 Å². The average molecular weight is 290 g/mol. The van der Waals surface area contributed by atoms with Crippen molar-refractivity contribution < 1.29 is 31.9 Å². The lowest BCUT2D eigenvalue weighted by Gasteiger charge is -2.18. The number of carbonyl (C=O) groups is 1. The molecule has 0 aliphatic heterocycles. The molecular formula is C12H19F5O2. The second-order valence-corrected chi connectivity index (χ2v) is 4.39. The van der Waals surface area contributed by atoms with Gasteiger partial charge in [0.25, 0.3) is 0 Å². The minimum atomic E-state index is -3.06. The summed E-state index contributed by atoms with van der Waals surface area (Å²) in [5.41, 5.74) is 0. The van der Waals surface area contributed by atoms with Crippen LogP contribution in [0.15, 0.2) is 0 Å². The molecule has 0 aliphatic rings. The van der Waals surface area contributed by atoms with Crippen LogP contribution in [0, 0.1) is 0 Å². The van der Waals surface area contributed by atoms with Crippen LogP contribution in [-0.4, -0.2) is 42.4 Å². The zero-order valence-corrected chi connectivity index (χ0v) is 10.5. The summed E-state index contributed by atoms with van der Waals surface area (Å²) in [4.78, 5) is 10.1. The maximum absolute atomic E-state index is 13.2. The van der Waals surface area contributed by atoms with Crippen molar-refractivity contribution in [1.82, 2.24) is 0 Å². The Labute approximate surface area is 109 Å². The lowest BCUT2D eigenvalue weighted by molar-refractivity contribution is -0.147.